The van der Waals surface area contributed by atoms with Gasteiger partial charge in [0.1, 0.15) is 17.1 Å². The molecule has 34 heavy (non-hydrogen) atoms. The minimum absolute atomic E-state index is 0.193. The summed E-state index contributed by atoms with van der Waals surface area (Å²) in [6.07, 6.45) is 9.99. The van der Waals surface area contributed by atoms with Crippen molar-refractivity contribution >= 4 is 5.97 Å². The van der Waals surface area contributed by atoms with Crippen molar-refractivity contribution in [3.8, 4) is 11.5 Å². The number of carbonyl (C=O) groups excluding carboxylic acids is 1. The average molecular weight is 461 g/mol. The van der Waals surface area contributed by atoms with Crippen LogP contribution >= 0.6 is 0 Å². The third kappa shape index (κ3) is 6.72. The molecule has 182 valence electrons. The molecule has 0 spiro atoms. The van der Waals surface area contributed by atoms with E-state index in [0.29, 0.717) is 11.3 Å². The first-order valence-electron chi connectivity index (χ1n) is 12.0. The van der Waals surface area contributed by atoms with Crippen LogP contribution in [0.1, 0.15) is 77.1 Å². The number of carbonyl (C=O) groups is 1. The van der Waals surface area contributed by atoms with Crippen LogP contribution in [0.3, 0.4) is 0 Å². The van der Waals surface area contributed by atoms with Gasteiger partial charge in [-0.1, -0.05) is 69.3 Å². The number of allylic oxidation sites excluding steroid dienone is 4. The molecular weight excluding hydrogens is 420 g/mol. The highest BCUT2D eigenvalue weighted by Crippen LogP contribution is 2.36. The second-order valence-corrected chi connectivity index (χ2v) is 9.84. The smallest absolute Gasteiger partial charge is 0.343 e. The number of aryl methyl sites for hydroxylation is 2. The molecule has 2 aromatic carbocycles. The van der Waals surface area contributed by atoms with E-state index in [9.17, 15) is 4.79 Å². The van der Waals surface area contributed by atoms with Gasteiger partial charge in [-0.15, -0.1) is 0 Å². The molecule has 0 amide bonds. The Kier molecular flexibility index (Phi) is 9.09. The third-order valence-electron chi connectivity index (χ3n) is 6.28. The Labute approximate surface area is 206 Å². The number of esters is 1. The van der Waals surface area contributed by atoms with Crippen molar-refractivity contribution in [2.24, 2.45) is 0 Å². The summed E-state index contributed by atoms with van der Waals surface area (Å²) in [5.41, 5.74) is 4.50. The minimum atomic E-state index is -0.368. The van der Waals surface area contributed by atoms with Gasteiger partial charge in [-0.2, -0.15) is 0 Å². The van der Waals surface area contributed by atoms with Gasteiger partial charge in [-0.3, -0.25) is 0 Å². The number of hydrogen-bond donors (Lipinski definition) is 0. The lowest BCUT2D eigenvalue weighted by Crippen LogP contribution is -2.27. The minimum Gasteiger partial charge on any atom is -0.488 e. The Morgan fingerprint density at radius 2 is 1.44 bits per heavy atom. The van der Waals surface area contributed by atoms with E-state index in [2.05, 4.69) is 65.8 Å². The van der Waals surface area contributed by atoms with Crippen molar-refractivity contribution in [2.75, 3.05) is 0 Å². The Morgan fingerprint density at radius 3 is 1.91 bits per heavy atom. The van der Waals surface area contributed by atoms with E-state index in [0.717, 1.165) is 28.9 Å². The maximum Gasteiger partial charge on any atom is 0.343 e. The molecular formula is C31H40O3. The van der Waals surface area contributed by atoms with Crippen molar-refractivity contribution in [3.63, 3.8) is 0 Å². The van der Waals surface area contributed by atoms with E-state index >= 15 is 0 Å². The monoisotopic (exact) mass is 460 g/mol. The normalized spacial score (nSPS) is 13.0. The molecule has 0 aliphatic carbocycles. The van der Waals surface area contributed by atoms with Crippen LogP contribution in [0.2, 0.25) is 0 Å². The zero-order valence-electron chi connectivity index (χ0n) is 22.3. The molecule has 0 fully saturated rings. The maximum atomic E-state index is 12.7. The topological polar surface area (TPSA) is 35.5 Å². The standard InChI is InChI=1S/C31H40O3/c1-10-13-15-24(14-11-2)29(32)33-27-18-16-25(20-22(27)4)31(8,9)26-17-19-28(23(5)21-26)34-30(6,7)12-3/h10-11,13-21H,12H2,1-9H3/b13-10-,14-11-,24-15+. The Morgan fingerprint density at radius 1 is 0.882 bits per heavy atom. The van der Waals surface area contributed by atoms with E-state index in [1.807, 2.05) is 51.1 Å². The van der Waals surface area contributed by atoms with Crippen molar-refractivity contribution in [3.05, 3.63) is 94.6 Å². The van der Waals surface area contributed by atoms with Crippen LogP contribution in [-0.2, 0) is 10.2 Å². The van der Waals surface area contributed by atoms with Crippen molar-refractivity contribution in [1.82, 2.24) is 0 Å². The Balaban J connectivity index is 2.30. The fraction of sp³-hybridized carbons (Fsp3) is 0.387. The van der Waals surface area contributed by atoms with Crippen molar-refractivity contribution < 1.29 is 14.3 Å². The molecule has 2 rings (SSSR count). The fourth-order valence-corrected chi connectivity index (χ4v) is 3.57. The van der Waals surface area contributed by atoms with Crippen LogP contribution in [0.5, 0.6) is 11.5 Å². The van der Waals surface area contributed by atoms with Gasteiger partial charge in [0.2, 0.25) is 0 Å². The van der Waals surface area contributed by atoms with Crippen LogP contribution in [0, 0.1) is 13.8 Å². The Bertz CT molecular complexity index is 1100. The van der Waals surface area contributed by atoms with Gasteiger partial charge in [0, 0.05) is 5.41 Å². The molecule has 0 aromatic heterocycles. The van der Waals surface area contributed by atoms with E-state index in [-0.39, 0.29) is 17.0 Å². The fourth-order valence-electron chi connectivity index (χ4n) is 3.57. The molecule has 2 aromatic rings. The number of hydrogen-bond acceptors (Lipinski definition) is 3. The molecule has 0 N–H and O–H groups in total. The number of ether oxygens (including phenoxy) is 2. The zero-order chi connectivity index (χ0) is 25.5. The first-order chi connectivity index (χ1) is 15.9. The second-order valence-electron chi connectivity index (χ2n) is 9.84. The molecule has 0 heterocycles. The van der Waals surface area contributed by atoms with E-state index in [1.165, 1.54) is 5.56 Å². The molecule has 0 radical (unpaired) electrons. The van der Waals surface area contributed by atoms with E-state index < -0.39 is 0 Å². The molecule has 0 bridgehead atoms. The lowest BCUT2D eigenvalue weighted by Gasteiger charge is -2.29. The molecule has 3 heteroatoms. The summed E-state index contributed by atoms with van der Waals surface area (Å²) >= 11 is 0. The average Bonchev–Trinajstić information content (AvgIpc) is 2.79. The van der Waals surface area contributed by atoms with Gasteiger partial charge < -0.3 is 9.47 Å². The predicted molar refractivity (Wildman–Crippen MR) is 143 cm³/mol. The largest absolute Gasteiger partial charge is 0.488 e. The molecule has 0 aliphatic rings. The summed E-state index contributed by atoms with van der Waals surface area (Å²) in [6, 6.07) is 12.5. The van der Waals surface area contributed by atoms with Crippen LogP contribution in [0.25, 0.3) is 0 Å². The highest BCUT2D eigenvalue weighted by atomic mass is 16.5. The predicted octanol–water partition coefficient (Wildman–Crippen LogP) is 8.18. The van der Waals surface area contributed by atoms with Crippen LogP contribution in [-0.4, -0.2) is 11.6 Å². The molecule has 0 aliphatic heterocycles. The summed E-state index contributed by atoms with van der Waals surface area (Å²) in [4.78, 5) is 12.7. The quantitative estimate of drug-likeness (QED) is 0.164. The maximum absolute atomic E-state index is 12.7. The number of benzene rings is 2. The van der Waals surface area contributed by atoms with Crippen LogP contribution in [0.4, 0.5) is 0 Å². The summed E-state index contributed by atoms with van der Waals surface area (Å²) in [5, 5.41) is 0. The van der Waals surface area contributed by atoms with Crippen LogP contribution < -0.4 is 9.47 Å². The van der Waals surface area contributed by atoms with Crippen molar-refractivity contribution in [1.29, 1.82) is 0 Å². The third-order valence-corrected chi connectivity index (χ3v) is 6.28. The molecule has 0 saturated carbocycles. The molecule has 3 nitrogen and oxygen atoms in total. The highest BCUT2D eigenvalue weighted by molar-refractivity contribution is 5.93. The molecule has 0 atom stereocenters. The first kappa shape index (κ1) is 27.2. The van der Waals surface area contributed by atoms with Gasteiger partial charge in [-0.05, 0) is 88.4 Å². The van der Waals surface area contributed by atoms with E-state index in [1.54, 1.807) is 12.2 Å². The lowest BCUT2D eigenvalue weighted by atomic mass is 9.77. The molecule has 0 saturated heterocycles. The van der Waals surface area contributed by atoms with E-state index in [4.69, 9.17) is 9.47 Å². The van der Waals surface area contributed by atoms with Gasteiger partial charge in [-0.25, -0.2) is 4.79 Å². The van der Waals surface area contributed by atoms with Gasteiger partial charge in [0.05, 0.1) is 5.57 Å². The van der Waals surface area contributed by atoms with Gasteiger partial charge >= 0.3 is 5.97 Å². The van der Waals surface area contributed by atoms with Crippen molar-refractivity contribution in [2.45, 2.75) is 79.8 Å². The van der Waals surface area contributed by atoms with Gasteiger partial charge in [0.15, 0.2) is 0 Å². The lowest BCUT2D eigenvalue weighted by molar-refractivity contribution is -0.129. The first-order valence-corrected chi connectivity index (χ1v) is 12.0. The number of rotatable bonds is 9. The summed E-state index contributed by atoms with van der Waals surface area (Å²) in [5.74, 6) is 1.13. The summed E-state index contributed by atoms with van der Waals surface area (Å²) < 4.78 is 11.9. The summed E-state index contributed by atoms with van der Waals surface area (Å²) in [6.45, 7) is 18.6. The second kappa shape index (κ2) is 11.4. The van der Waals surface area contributed by atoms with Crippen LogP contribution in [0.15, 0.2) is 72.4 Å². The molecule has 0 unspecified atom stereocenters. The zero-order valence-corrected chi connectivity index (χ0v) is 22.3. The highest BCUT2D eigenvalue weighted by Gasteiger charge is 2.26. The SMILES string of the molecule is C\C=C/C=C(\C=C/C)C(=O)Oc1ccc(C(C)(C)c2ccc(OC(C)(C)CC)c(C)c2)cc1C. The van der Waals surface area contributed by atoms with Gasteiger partial charge in [0.25, 0.3) is 0 Å². The summed E-state index contributed by atoms with van der Waals surface area (Å²) in [7, 11) is 0. The Hall–Kier alpha value is -3.07.